The van der Waals surface area contributed by atoms with Gasteiger partial charge in [-0.3, -0.25) is 9.59 Å². The Labute approximate surface area is 194 Å². The van der Waals surface area contributed by atoms with Crippen molar-refractivity contribution in [3.63, 3.8) is 0 Å². The molecule has 0 rings (SSSR count). The number of aliphatic carboxylic acids is 2. The number of aliphatic hydroxyl groups excluding tert-OH is 1. The van der Waals surface area contributed by atoms with Crippen LogP contribution in [0.3, 0.4) is 0 Å². The number of carboxylic acid groups (broad SMARTS) is 4. The number of carbonyl (C=O) groups is 3. The Hall–Kier alpha value is -0.610. The van der Waals surface area contributed by atoms with Crippen molar-refractivity contribution in [2.45, 2.75) is 73.5 Å². The third-order valence-electron chi connectivity index (χ3n) is 3.10. The van der Waals surface area contributed by atoms with Crippen LogP contribution in [0, 0.1) is 17.8 Å². The molecule has 2 atom stereocenters. The van der Waals surface area contributed by atoms with Crippen LogP contribution in [-0.2, 0) is 9.59 Å². The summed E-state index contributed by atoms with van der Waals surface area (Å²) >= 11 is 0. The standard InChI is InChI=1S/C8H18O2.2C4H8O2.CH2O3.Ca.2H/c1-5-7(9)6(2)8(3,4)10;2*1-3(2)4(5)6;2-1(3)4;;;/h6-7,9-10H,5H2,1-4H3;2*3H,1-2H3,(H,5,6);(H2,2,3,4);;;/q;;;;+2;2*-1. The quantitative estimate of drug-likeness (QED) is 0.361. The van der Waals surface area contributed by atoms with Crippen molar-refractivity contribution in [2.75, 3.05) is 0 Å². The monoisotopic (exact) mass is 426 g/mol. The summed E-state index contributed by atoms with van der Waals surface area (Å²) in [6.07, 6.45) is -1.52. The maximum Gasteiger partial charge on any atom is 2.00 e. The van der Waals surface area contributed by atoms with E-state index in [4.69, 9.17) is 25.2 Å². The molecule has 162 valence electrons. The van der Waals surface area contributed by atoms with Gasteiger partial charge in [0.1, 0.15) is 0 Å². The zero-order chi connectivity index (χ0) is 22.2. The first-order chi connectivity index (χ1) is 11.4. The average molecular weight is 427 g/mol. The maximum absolute atomic E-state index is 9.70. The van der Waals surface area contributed by atoms with E-state index in [1.165, 1.54) is 0 Å². The minimum atomic E-state index is -1.83. The van der Waals surface area contributed by atoms with E-state index in [0.29, 0.717) is 6.42 Å². The molecule has 0 fully saturated rings. The van der Waals surface area contributed by atoms with Gasteiger partial charge in [0, 0.05) is 5.92 Å². The molecular formula is C17H38CaO9. The van der Waals surface area contributed by atoms with Crippen molar-refractivity contribution in [2.24, 2.45) is 17.8 Å². The average Bonchev–Trinajstić information content (AvgIpc) is 2.45. The molecule has 0 aliphatic heterocycles. The fourth-order valence-electron chi connectivity index (χ4n) is 0.824. The molecule has 0 heterocycles. The van der Waals surface area contributed by atoms with Gasteiger partial charge < -0.3 is 33.5 Å². The van der Waals surface area contributed by atoms with Crippen LogP contribution < -0.4 is 0 Å². The van der Waals surface area contributed by atoms with Crippen LogP contribution in [0.25, 0.3) is 0 Å². The molecule has 27 heavy (non-hydrogen) atoms. The predicted molar refractivity (Wildman–Crippen MR) is 105 cm³/mol. The van der Waals surface area contributed by atoms with E-state index in [0.717, 1.165) is 0 Å². The molecule has 6 N–H and O–H groups in total. The van der Waals surface area contributed by atoms with Crippen molar-refractivity contribution < 1.29 is 47.9 Å². The molecule has 10 heteroatoms. The first kappa shape index (κ1) is 37.2. The Morgan fingerprint density at radius 1 is 0.852 bits per heavy atom. The van der Waals surface area contributed by atoms with Crippen LogP contribution >= 0.6 is 0 Å². The van der Waals surface area contributed by atoms with Gasteiger partial charge in [-0.15, -0.1) is 0 Å². The van der Waals surface area contributed by atoms with Gasteiger partial charge in [-0.05, 0) is 20.3 Å². The summed E-state index contributed by atoms with van der Waals surface area (Å²) in [7, 11) is 0. The number of aliphatic hydroxyl groups is 2. The van der Waals surface area contributed by atoms with Gasteiger partial charge in [-0.25, -0.2) is 4.79 Å². The zero-order valence-corrected chi connectivity index (χ0v) is 19.8. The summed E-state index contributed by atoms with van der Waals surface area (Å²) in [5.74, 6) is -2.00. The maximum atomic E-state index is 9.70. The number of hydrogen-bond acceptors (Lipinski definition) is 5. The Bertz CT molecular complexity index is 379. The molecule has 0 aliphatic carbocycles. The van der Waals surface area contributed by atoms with Gasteiger partial charge in [-0.2, -0.15) is 0 Å². The minimum absolute atomic E-state index is 0. The number of carboxylic acids is 2. The van der Waals surface area contributed by atoms with Crippen LogP contribution in [0.2, 0.25) is 0 Å². The Morgan fingerprint density at radius 3 is 1.07 bits per heavy atom. The summed E-state index contributed by atoms with van der Waals surface area (Å²) in [5, 5.41) is 48.7. The van der Waals surface area contributed by atoms with E-state index in [2.05, 4.69) is 0 Å². The van der Waals surface area contributed by atoms with Crippen LogP contribution in [0.5, 0.6) is 0 Å². The van der Waals surface area contributed by atoms with Gasteiger partial charge >= 0.3 is 55.8 Å². The van der Waals surface area contributed by atoms with Crippen LogP contribution in [0.1, 0.15) is 64.7 Å². The zero-order valence-electron chi connectivity index (χ0n) is 19.6. The SMILES string of the molecule is CC(C)C(=O)O.CC(C)C(=O)O.CCC(O)C(C)C(C)(C)O.O=C(O)O.[Ca+2].[H-].[H-]. The fraction of sp³-hybridized carbons (Fsp3) is 0.824. The normalized spacial score (nSPS) is 11.9. The van der Waals surface area contributed by atoms with Crippen molar-refractivity contribution in [1.82, 2.24) is 0 Å². The topological polar surface area (TPSA) is 173 Å². The molecule has 0 aromatic carbocycles. The van der Waals surface area contributed by atoms with Gasteiger partial charge in [0.15, 0.2) is 0 Å². The van der Waals surface area contributed by atoms with Crippen LogP contribution in [0.4, 0.5) is 4.79 Å². The largest absolute Gasteiger partial charge is 2.00 e. The first-order valence-corrected chi connectivity index (χ1v) is 8.19. The second kappa shape index (κ2) is 20.1. The Morgan fingerprint density at radius 2 is 1.04 bits per heavy atom. The Balaban J connectivity index is -0.0000000453. The van der Waals surface area contributed by atoms with E-state index in [1.807, 2.05) is 13.8 Å². The molecule has 0 aromatic rings. The summed E-state index contributed by atoms with van der Waals surface area (Å²) in [4.78, 5) is 28.0. The second-order valence-electron chi connectivity index (χ2n) is 6.69. The third kappa shape index (κ3) is 36.9. The second-order valence-corrected chi connectivity index (χ2v) is 6.69. The molecule has 0 aromatic heterocycles. The molecule has 9 nitrogen and oxygen atoms in total. The van der Waals surface area contributed by atoms with E-state index in [1.54, 1.807) is 41.5 Å². The van der Waals surface area contributed by atoms with Crippen molar-refractivity contribution in [1.29, 1.82) is 0 Å². The van der Waals surface area contributed by atoms with Gasteiger partial charge in [-0.1, -0.05) is 41.5 Å². The fourth-order valence-corrected chi connectivity index (χ4v) is 0.824. The van der Waals surface area contributed by atoms with E-state index in [9.17, 15) is 19.8 Å². The smallest absolute Gasteiger partial charge is 1.00 e. The van der Waals surface area contributed by atoms with Crippen molar-refractivity contribution in [3.05, 3.63) is 0 Å². The van der Waals surface area contributed by atoms with Gasteiger partial charge in [0.05, 0.1) is 23.5 Å². The summed E-state index contributed by atoms with van der Waals surface area (Å²) in [6, 6.07) is 0. The molecule has 0 aliphatic rings. The first-order valence-electron chi connectivity index (χ1n) is 8.19. The van der Waals surface area contributed by atoms with Gasteiger partial charge in [0.2, 0.25) is 0 Å². The number of rotatable bonds is 5. The predicted octanol–water partition coefficient (Wildman–Crippen LogP) is 2.68. The summed E-state index contributed by atoms with van der Waals surface area (Å²) in [6.45, 7) is 13.8. The molecule has 0 bridgehead atoms. The molecular weight excluding hydrogens is 388 g/mol. The Kier molecular flexibility index (Phi) is 27.7. The summed E-state index contributed by atoms with van der Waals surface area (Å²) in [5.41, 5.74) is -0.768. The molecule has 0 amide bonds. The van der Waals surface area contributed by atoms with E-state index < -0.39 is 23.7 Å². The van der Waals surface area contributed by atoms with Gasteiger partial charge in [0.25, 0.3) is 0 Å². The van der Waals surface area contributed by atoms with Crippen molar-refractivity contribution >= 4 is 55.8 Å². The van der Waals surface area contributed by atoms with Crippen LogP contribution in [-0.4, -0.2) is 98.2 Å². The molecule has 0 spiro atoms. The van der Waals surface area contributed by atoms with Crippen molar-refractivity contribution in [3.8, 4) is 0 Å². The van der Waals surface area contributed by atoms with E-state index >= 15 is 0 Å². The molecule has 0 radical (unpaired) electrons. The van der Waals surface area contributed by atoms with Crippen LogP contribution in [0.15, 0.2) is 0 Å². The number of hydrogen-bond donors (Lipinski definition) is 6. The minimum Gasteiger partial charge on any atom is -1.00 e. The summed E-state index contributed by atoms with van der Waals surface area (Å²) < 4.78 is 0. The van der Waals surface area contributed by atoms with E-state index in [-0.39, 0.29) is 64.4 Å². The molecule has 0 saturated heterocycles. The molecule has 0 saturated carbocycles. The molecule has 2 unspecified atom stereocenters. The third-order valence-corrected chi connectivity index (χ3v) is 3.10.